The van der Waals surface area contributed by atoms with Crippen molar-refractivity contribution in [3.05, 3.63) is 27.7 Å². The van der Waals surface area contributed by atoms with Gasteiger partial charge in [-0.05, 0) is 31.9 Å². The van der Waals surface area contributed by atoms with Crippen molar-refractivity contribution in [3.63, 3.8) is 0 Å². The van der Waals surface area contributed by atoms with Crippen LogP contribution in [0.2, 0.25) is 10.0 Å². The van der Waals surface area contributed by atoms with E-state index in [0.717, 1.165) is 12.8 Å². The molecule has 0 heterocycles. The number of carbonyl (C=O) groups is 2. The SMILES string of the molecule is CCN(C(=O)COC(=O)c1cc(N)cc(Cl)c1Cl)C1CC1. The lowest BCUT2D eigenvalue weighted by molar-refractivity contribution is -0.134. The van der Waals surface area contributed by atoms with Crippen molar-refractivity contribution in [3.8, 4) is 0 Å². The summed E-state index contributed by atoms with van der Waals surface area (Å²) in [5, 5.41) is 0.237. The monoisotopic (exact) mass is 330 g/mol. The van der Waals surface area contributed by atoms with Crippen LogP contribution in [0.25, 0.3) is 0 Å². The molecule has 1 aromatic rings. The Morgan fingerprint density at radius 2 is 2.05 bits per heavy atom. The highest BCUT2D eigenvalue weighted by Gasteiger charge is 2.31. The lowest BCUT2D eigenvalue weighted by Crippen LogP contribution is -2.36. The van der Waals surface area contributed by atoms with Gasteiger partial charge < -0.3 is 15.4 Å². The van der Waals surface area contributed by atoms with Crippen LogP contribution in [0.15, 0.2) is 12.1 Å². The highest BCUT2D eigenvalue weighted by Crippen LogP contribution is 2.29. The third kappa shape index (κ3) is 3.80. The molecule has 0 atom stereocenters. The molecule has 7 heteroatoms. The maximum Gasteiger partial charge on any atom is 0.340 e. The average molecular weight is 331 g/mol. The maximum atomic E-state index is 12.0. The van der Waals surface area contributed by atoms with Gasteiger partial charge in [0, 0.05) is 18.3 Å². The van der Waals surface area contributed by atoms with E-state index in [-0.39, 0.29) is 34.2 Å². The second-order valence-corrected chi connectivity index (χ2v) is 5.64. The van der Waals surface area contributed by atoms with E-state index in [1.807, 2.05) is 6.92 Å². The lowest BCUT2D eigenvalue weighted by atomic mass is 10.2. The Kier molecular flexibility index (Phi) is 4.96. The molecule has 0 saturated heterocycles. The van der Waals surface area contributed by atoms with Gasteiger partial charge in [0.25, 0.3) is 5.91 Å². The fraction of sp³-hybridized carbons (Fsp3) is 0.429. The van der Waals surface area contributed by atoms with Crippen molar-refractivity contribution in [2.24, 2.45) is 0 Å². The molecule has 1 aromatic carbocycles. The zero-order valence-corrected chi connectivity index (χ0v) is 13.1. The van der Waals surface area contributed by atoms with E-state index in [0.29, 0.717) is 12.2 Å². The van der Waals surface area contributed by atoms with Crippen molar-refractivity contribution >= 4 is 40.8 Å². The first-order valence-corrected chi connectivity index (χ1v) is 7.40. The number of likely N-dealkylation sites (N-methyl/N-ethyl adjacent to an activating group) is 1. The van der Waals surface area contributed by atoms with Crippen LogP contribution in [0, 0.1) is 0 Å². The molecule has 0 bridgehead atoms. The summed E-state index contributed by atoms with van der Waals surface area (Å²) in [6.07, 6.45) is 2.01. The molecule has 2 N–H and O–H groups in total. The molecule has 1 amide bonds. The minimum atomic E-state index is -0.714. The number of benzene rings is 1. The summed E-state index contributed by atoms with van der Waals surface area (Å²) < 4.78 is 5.01. The summed E-state index contributed by atoms with van der Waals surface area (Å²) >= 11 is 11.8. The molecule has 1 saturated carbocycles. The Balaban J connectivity index is 2.00. The number of anilines is 1. The fourth-order valence-corrected chi connectivity index (χ4v) is 2.48. The van der Waals surface area contributed by atoms with Gasteiger partial charge in [-0.1, -0.05) is 23.2 Å². The number of nitrogen functional groups attached to an aromatic ring is 1. The third-order valence-electron chi connectivity index (χ3n) is 3.25. The number of hydrogen-bond donors (Lipinski definition) is 1. The standard InChI is InChI=1S/C14H16Cl2N2O3/c1-2-18(9-3-4-9)12(19)7-21-14(20)10-5-8(17)6-11(15)13(10)16/h5-6,9H,2-4,7,17H2,1H3. The molecular formula is C14H16Cl2N2O3. The van der Waals surface area contributed by atoms with E-state index < -0.39 is 5.97 Å². The summed E-state index contributed by atoms with van der Waals surface area (Å²) in [6.45, 7) is 2.18. The lowest BCUT2D eigenvalue weighted by Gasteiger charge is -2.20. The zero-order valence-electron chi connectivity index (χ0n) is 11.6. The quantitative estimate of drug-likeness (QED) is 0.665. The van der Waals surface area contributed by atoms with Crippen LogP contribution in [-0.4, -0.2) is 36.0 Å². The Morgan fingerprint density at radius 3 is 2.62 bits per heavy atom. The first kappa shape index (κ1) is 15.9. The molecule has 5 nitrogen and oxygen atoms in total. The highest BCUT2D eigenvalue weighted by atomic mass is 35.5. The molecule has 1 aliphatic carbocycles. The van der Waals surface area contributed by atoms with Crippen LogP contribution in [0.4, 0.5) is 5.69 Å². The number of halogens is 2. The largest absolute Gasteiger partial charge is 0.452 e. The van der Waals surface area contributed by atoms with Gasteiger partial charge in [0.1, 0.15) is 0 Å². The van der Waals surface area contributed by atoms with Gasteiger partial charge in [-0.3, -0.25) is 4.79 Å². The number of hydrogen-bond acceptors (Lipinski definition) is 4. The van der Waals surface area contributed by atoms with Gasteiger partial charge in [0.15, 0.2) is 6.61 Å². The van der Waals surface area contributed by atoms with Crippen LogP contribution in [0.3, 0.4) is 0 Å². The van der Waals surface area contributed by atoms with Crippen molar-refractivity contribution < 1.29 is 14.3 Å². The van der Waals surface area contributed by atoms with Crippen LogP contribution in [0.1, 0.15) is 30.1 Å². The van der Waals surface area contributed by atoms with E-state index in [9.17, 15) is 9.59 Å². The van der Waals surface area contributed by atoms with Crippen LogP contribution < -0.4 is 5.73 Å². The Labute approximate surface area is 132 Å². The summed E-state index contributed by atoms with van der Waals surface area (Å²) in [4.78, 5) is 25.7. The van der Waals surface area contributed by atoms with Crippen molar-refractivity contribution in [1.82, 2.24) is 4.90 Å². The van der Waals surface area contributed by atoms with Crippen molar-refractivity contribution in [1.29, 1.82) is 0 Å². The van der Waals surface area contributed by atoms with Gasteiger partial charge in [-0.15, -0.1) is 0 Å². The molecule has 0 unspecified atom stereocenters. The van der Waals surface area contributed by atoms with E-state index >= 15 is 0 Å². The zero-order chi connectivity index (χ0) is 15.6. The molecule has 114 valence electrons. The Morgan fingerprint density at radius 1 is 1.38 bits per heavy atom. The summed E-state index contributed by atoms with van der Waals surface area (Å²) in [5.41, 5.74) is 5.97. The smallest absolute Gasteiger partial charge is 0.340 e. The molecule has 21 heavy (non-hydrogen) atoms. The third-order valence-corrected chi connectivity index (χ3v) is 4.05. The number of nitrogens with zero attached hydrogens (tertiary/aromatic N) is 1. The number of nitrogens with two attached hydrogens (primary N) is 1. The van der Waals surface area contributed by atoms with Gasteiger partial charge in [-0.2, -0.15) is 0 Å². The van der Waals surface area contributed by atoms with Gasteiger partial charge in [0.2, 0.25) is 0 Å². The molecule has 0 radical (unpaired) electrons. The second-order valence-electron chi connectivity index (χ2n) is 4.85. The number of esters is 1. The predicted octanol–water partition coefficient (Wildman–Crippen LogP) is 2.74. The van der Waals surface area contributed by atoms with Crippen LogP contribution in [0.5, 0.6) is 0 Å². The normalized spacial score (nSPS) is 13.9. The molecule has 2 rings (SSSR count). The van der Waals surface area contributed by atoms with Gasteiger partial charge in [-0.25, -0.2) is 4.79 Å². The number of amides is 1. The summed E-state index contributed by atoms with van der Waals surface area (Å²) in [6, 6.07) is 3.10. The molecule has 0 aliphatic heterocycles. The topological polar surface area (TPSA) is 72.6 Å². The van der Waals surface area contributed by atoms with Gasteiger partial charge in [0.05, 0.1) is 15.6 Å². The Bertz CT molecular complexity index is 574. The minimum Gasteiger partial charge on any atom is -0.452 e. The molecule has 1 fully saturated rings. The molecule has 0 aromatic heterocycles. The van der Waals surface area contributed by atoms with E-state index in [4.69, 9.17) is 33.7 Å². The molecular weight excluding hydrogens is 315 g/mol. The van der Waals surface area contributed by atoms with E-state index in [1.54, 1.807) is 4.90 Å². The maximum absolute atomic E-state index is 12.0. The average Bonchev–Trinajstić information content (AvgIpc) is 3.25. The summed E-state index contributed by atoms with van der Waals surface area (Å²) in [7, 11) is 0. The first-order valence-electron chi connectivity index (χ1n) is 6.65. The van der Waals surface area contributed by atoms with E-state index in [1.165, 1.54) is 12.1 Å². The number of carbonyl (C=O) groups excluding carboxylic acids is 2. The van der Waals surface area contributed by atoms with Crippen molar-refractivity contribution in [2.75, 3.05) is 18.9 Å². The summed E-state index contributed by atoms with van der Waals surface area (Å²) in [5.74, 6) is -0.922. The molecule has 1 aliphatic rings. The first-order chi connectivity index (χ1) is 9.93. The van der Waals surface area contributed by atoms with E-state index in [2.05, 4.69) is 0 Å². The van der Waals surface area contributed by atoms with Gasteiger partial charge >= 0.3 is 5.97 Å². The second kappa shape index (κ2) is 6.54. The highest BCUT2D eigenvalue weighted by molar-refractivity contribution is 6.44. The molecule has 0 spiro atoms. The van der Waals surface area contributed by atoms with Crippen molar-refractivity contribution in [2.45, 2.75) is 25.8 Å². The minimum absolute atomic E-state index is 0.0592. The number of ether oxygens (including phenoxy) is 1. The number of rotatable bonds is 5. The Hall–Kier alpha value is -1.46. The van der Waals surface area contributed by atoms with Crippen LogP contribution in [-0.2, 0) is 9.53 Å². The predicted molar refractivity (Wildman–Crippen MR) is 81.6 cm³/mol. The fourth-order valence-electron chi connectivity index (χ4n) is 2.07. The van der Waals surface area contributed by atoms with Crippen LogP contribution >= 0.6 is 23.2 Å².